The lowest BCUT2D eigenvalue weighted by Crippen LogP contribution is -1.97. The fourth-order valence-corrected chi connectivity index (χ4v) is 2.59. The molecule has 0 spiro atoms. The normalized spacial score (nSPS) is 11.0. The summed E-state index contributed by atoms with van der Waals surface area (Å²) in [5.41, 5.74) is -0.133. The van der Waals surface area contributed by atoms with Gasteiger partial charge in [0.15, 0.2) is 0 Å². The predicted octanol–water partition coefficient (Wildman–Crippen LogP) is 2.59. The molecule has 6 nitrogen and oxygen atoms in total. The number of phenolic OH excluding ortho intramolecular Hbond substituents is 3. The molecule has 0 fully saturated rings. The lowest BCUT2D eigenvalue weighted by atomic mass is 9.96. The SMILES string of the molecule is Cc1c(-c2cc(O)cc(=O)o2)c(O)cc2cc(O)cc(O)c12. The molecular weight excluding hydrogens is 288 g/mol. The Labute approximate surface area is 124 Å². The Balaban J connectivity index is 2.42. The summed E-state index contributed by atoms with van der Waals surface area (Å²) in [6, 6.07) is 6.01. The van der Waals surface area contributed by atoms with Crippen molar-refractivity contribution in [3.05, 3.63) is 46.3 Å². The fourth-order valence-electron chi connectivity index (χ4n) is 2.59. The Bertz CT molecular complexity index is 955. The van der Waals surface area contributed by atoms with E-state index in [1.807, 2.05) is 0 Å². The highest BCUT2D eigenvalue weighted by atomic mass is 16.4. The van der Waals surface area contributed by atoms with Gasteiger partial charge in [0.05, 0.1) is 11.6 Å². The zero-order valence-corrected chi connectivity index (χ0v) is 11.5. The van der Waals surface area contributed by atoms with Gasteiger partial charge in [-0.05, 0) is 30.0 Å². The second-order valence-corrected chi connectivity index (χ2v) is 4.96. The Hall–Kier alpha value is -3.15. The van der Waals surface area contributed by atoms with Gasteiger partial charge in [0.1, 0.15) is 28.8 Å². The Morgan fingerprint density at radius 3 is 2.23 bits per heavy atom. The van der Waals surface area contributed by atoms with Crippen LogP contribution >= 0.6 is 0 Å². The number of benzene rings is 2. The van der Waals surface area contributed by atoms with Gasteiger partial charge >= 0.3 is 5.63 Å². The third-order valence-electron chi connectivity index (χ3n) is 3.43. The minimum absolute atomic E-state index is 0.0191. The van der Waals surface area contributed by atoms with Crippen LogP contribution in [0.3, 0.4) is 0 Å². The van der Waals surface area contributed by atoms with E-state index in [1.165, 1.54) is 24.3 Å². The van der Waals surface area contributed by atoms with E-state index < -0.39 is 5.63 Å². The summed E-state index contributed by atoms with van der Waals surface area (Å²) < 4.78 is 5.01. The predicted molar refractivity (Wildman–Crippen MR) is 79.3 cm³/mol. The van der Waals surface area contributed by atoms with Gasteiger partial charge < -0.3 is 24.8 Å². The summed E-state index contributed by atoms with van der Waals surface area (Å²) in [4.78, 5) is 11.4. The number of hydrogen-bond acceptors (Lipinski definition) is 6. The molecule has 2 aromatic carbocycles. The average molecular weight is 300 g/mol. The molecule has 0 atom stereocenters. The summed E-state index contributed by atoms with van der Waals surface area (Å²) in [7, 11) is 0. The second kappa shape index (κ2) is 4.70. The summed E-state index contributed by atoms with van der Waals surface area (Å²) >= 11 is 0. The maximum Gasteiger partial charge on any atom is 0.339 e. The number of rotatable bonds is 1. The summed E-state index contributed by atoms with van der Waals surface area (Å²) in [5, 5.41) is 40.1. The van der Waals surface area contributed by atoms with E-state index in [0.717, 1.165) is 6.07 Å². The molecule has 6 heteroatoms. The first-order valence-corrected chi connectivity index (χ1v) is 6.39. The van der Waals surface area contributed by atoms with E-state index in [-0.39, 0.29) is 34.3 Å². The molecule has 0 aliphatic carbocycles. The van der Waals surface area contributed by atoms with Crippen LogP contribution in [0, 0.1) is 6.92 Å². The number of fused-ring (bicyclic) bond motifs is 1. The number of aryl methyl sites for hydroxylation is 1. The molecule has 0 radical (unpaired) electrons. The lowest BCUT2D eigenvalue weighted by Gasteiger charge is -2.13. The third kappa shape index (κ3) is 2.10. The number of aromatic hydroxyl groups is 4. The van der Waals surface area contributed by atoms with Gasteiger partial charge in [-0.2, -0.15) is 0 Å². The summed E-state index contributed by atoms with van der Waals surface area (Å²) in [6.45, 7) is 1.62. The smallest absolute Gasteiger partial charge is 0.339 e. The van der Waals surface area contributed by atoms with E-state index in [0.29, 0.717) is 16.3 Å². The molecule has 0 bridgehead atoms. The van der Waals surface area contributed by atoms with Gasteiger partial charge in [0, 0.05) is 17.5 Å². The van der Waals surface area contributed by atoms with Crippen molar-refractivity contribution in [3.8, 4) is 34.3 Å². The van der Waals surface area contributed by atoms with Crippen LogP contribution in [-0.2, 0) is 0 Å². The van der Waals surface area contributed by atoms with Crippen molar-refractivity contribution in [1.82, 2.24) is 0 Å². The highest BCUT2D eigenvalue weighted by Crippen LogP contribution is 2.42. The maximum absolute atomic E-state index is 11.4. The van der Waals surface area contributed by atoms with Crippen LogP contribution in [0.4, 0.5) is 0 Å². The van der Waals surface area contributed by atoms with Crippen LogP contribution in [-0.4, -0.2) is 20.4 Å². The van der Waals surface area contributed by atoms with Gasteiger partial charge in [-0.3, -0.25) is 0 Å². The molecule has 3 aromatic rings. The van der Waals surface area contributed by atoms with Gasteiger partial charge in [0.2, 0.25) is 0 Å². The number of hydrogen-bond donors (Lipinski definition) is 4. The quantitative estimate of drug-likeness (QED) is 0.549. The summed E-state index contributed by atoms with van der Waals surface area (Å²) in [6.07, 6.45) is 0. The molecule has 0 aliphatic heterocycles. The second-order valence-electron chi connectivity index (χ2n) is 4.96. The molecule has 1 aromatic heterocycles. The molecule has 0 amide bonds. The van der Waals surface area contributed by atoms with Crippen molar-refractivity contribution in [2.24, 2.45) is 0 Å². The van der Waals surface area contributed by atoms with Crippen molar-refractivity contribution >= 4 is 10.8 Å². The molecule has 0 saturated carbocycles. The molecule has 112 valence electrons. The Kier molecular flexibility index (Phi) is 2.95. The Morgan fingerprint density at radius 1 is 0.864 bits per heavy atom. The van der Waals surface area contributed by atoms with Crippen LogP contribution in [0.2, 0.25) is 0 Å². The zero-order valence-electron chi connectivity index (χ0n) is 11.5. The van der Waals surface area contributed by atoms with E-state index in [1.54, 1.807) is 6.92 Å². The molecule has 3 rings (SSSR count). The van der Waals surface area contributed by atoms with Gasteiger partial charge in [-0.1, -0.05) is 0 Å². The zero-order chi connectivity index (χ0) is 16.0. The Morgan fingerprint density at radius 2 is 1.55 bits per heavy atom. The number of phenols is 3. The minimum Gasteiger partial charge on any atom is -0.508 e. The topological polar surface area (TPSA) is 111 Å². The molecule has 1 heterocycles. The molecule has 0 unspecified atom stereocenters. The molecular formula is C16H12O6. The van der Waals surface area contributed by atoms with Gasteiger partial charge in [0.25, 0.3) is 0 Å². The van der Waals surface area contributed by atoms with Crippen molar-refractivity contribution in [3.63, 3.8) is 0 Å². The van der Waals surface area contributed by atoms with Crippen LogP contribution in [0.25, 0.3) is 22.1 Å². The average Bonchev–Trinajstić information content (AvgIpc) is 2.35. The first kappa shape index (κ1) is 13.8. The van der Waals surface area contributed by atoms with E-state index in [9.17, 15) is 25.2 Å². The highest BCUT2D eigenvalue weighted by Gasteiger charge is 2.18. The van der Waals surface area contributed by atoms with Crippen molar-refractivity contribution in [2.45, 2.75) is 6.92 Å². The first-order chi connectivity index (χ1) is 10.4. The third-order valence-corrected chi connectivity index (χ3v) is 3.43. The lowest BCUT2D eigenvalue weighted by molar-refractivity contribution is 0.448. The molecule has 4 N–H and O–H groups in total. The maximum atomic E-state index is 11.4. The summed E-state index contributed by atoms with van der Waals surface area (Å²) in [5.74, 6) is -0.824. The van der Waals surface area contributed by atoms with Crippen molar-refractivity contribution in [1.29, 1.82) is 0 Å². The minimum atomic E-state index is -0.760. The first-order valence-electron chi connectivity index (χ1n) is 6.39. The van der Waals surface area contributed by atoms with Crippen LogP contribution in [0.15, 0.2) is 39.5 Å². The van der Waals surface area contributed by atoms with E-state index >= 15 is 0 Å². The van der Waals surface area contributed by atoms with Crippen LogP contribution in [0.1, 0.15) is 5.56 Å². The standard InChI is InChI=1S/C16H12O6/c1-7-15-8(2-9(17)4-12(15)20)3-11(19)16(7)13-5-10(18)6-14(21)22-13/h2-6,17-20H,1H3. The van der Waals surface area contributed by atoms with Crippen LogP contribution < -0.4 is 5.63 Å². The highest BCUT2D eigenvalue weighted by molar-refractivity contribution is 5.98. The van der Waals surface area contributed by atoms with Gasteiger partial charge in [-0.25, -0.2) is 4.79 Å². The van der Waals surface area contributed by atoms with Gasteiger partial charge in [-0.15, -0.1) is 0 Å². The molecule has 0 saturated heterocycles. The monoisotopic (exact) mass is 300 g/mol. The van der Waals surface area contributed by atoms with E-state index in [2.05, 4.69) is 0 Å². The van der Waals surface area contributed by atoms with E-state index in [4.69, 9.17) is 4.42 Å². The molecule has 22 heavy (non-hydrogen) atoms. The largest absolute Gasteiger partial charge is 0.508 e. The van der Waals surface area contributed by atoms with Crippen LogP contribution in [0.5, 0.6) is 23.0 Å². The fraction of sp³-hybridized carbons (Fsp3) is 0.0625. The van der Waals surface area contributed by atoms with Crippen molar-refractivity contribution < 1.29 is 24.8 Å². The molecule has 0 aliphatic rings. The van der Waals surface area contributed by atoms with Crippen molar-refractivity contribution in [2.75, 3.05) is 0 Å².